The standard InChI is InChI=1S/C24H31N3O3/c28-18-21-6-2-4-14-27(21)24(29)19-7-9-22(10-8-19)30-23-11-15-26(16-12-23)17-20-5-1-3-13-25-20/h1,3,5,7-10,13,21,23,28H,2,4,6,11-12,14-18H2/t21-/m1/s1. The molecule has 0 unspecified atom stereocenters. The molecule has 3 heterocycles. The van der Waals surface area contributed by atoms with Gasteiger partial charge in [0.05, 0.1) is 18.3 Å². The number of amides is 1. The molecule has 2 aliphatic rings. The molecule has 6 nitrogen and oxygen atoms in total. The maximum absolute atomic E-state index is 12.8. The van der Waals surface area contributed by atoms with Gasteiger partial charge in [0.15, 0.2) is 0 Å². The number of likely N-dealkylation sites (tertiary alicyclic amines) is 2. The molecule has 0 saturated carbocycles. The van der Waals surface area contributed by atoms with Crippen molar-refractivity contribution < 1.29 is 14.6 Å². The number of hydrogen-bond acceptors (Lipinski definition) is 5. The van der Waals surface area contributed by atoms with Crippen LogP contribution in [0.5, 0.6) is 5.75 Å². The molecule has 2 aromatic rings. The third kappa shape index (κ3) is 5.18. The Hall–Kier alpha value is -2.44. The lowest BCUT2D eigenvalue weighted by Gasteiger charge is -2.34. The fourth-order valence-corrected chi connectivity index (χ4v) is 4.40. The zero-order valence-corrected chi connectivity index (χ0v) is 17.4. The fourth-order valence-electron chi connectivity index (χ4n) is 4.40. The van der Waals surface area contributed by atoms with E-state index in [0.717, 1.165) is 69.7 Å². The SMILES string of the molecule is O=C(c1ccc(OC2CCN(Cc3ccccn3)CC2)cc1)N1CCCC[C@@H]1CO. The molecule has 0 radical (unpaired) electrons. The summed E-state index contributed by atoms with van der Waals surface area (Å²) in [6, 6.07) is 13.5. The lowest BCUT2D eigenvalue weighted by atomic mass is 10.0. The van der Waals surface area contributed by atoms with Crippen LogP contribution in [-0.4, -0.2) is 64.2 Å². The molecule has 160 valence electrons. The zero-order valence-electron chi connectivity index (χ0n) is 17.4. The summed E-state index contributed by atoms with van der Waals surface area (Å²) in [4.78, 5) is 21.5. The summed E-state index contributed by atoms with van der Waals surface area (Å²) in [6.45, 7) is 3.63. The Kier molecular flexibility index (Phi) is 6.97. The number of ether oxygens (including phenoxy) is 1. The summed E-state index contributed by atoms with van der Waals surface area (Å²) in [6.07, 6.45) is 6.97. The van der Waals surface area contributed by atoms with Crippen molar-refractivity contribution in [3.63, 3.8) is 0 Å². The molecule has 0 aliphatic carbocycles. The van der Waals surface area contributed by atoms with Gasteiger partial charge in [0, 0.05) is 37.9 Å². The van der Waals surface area contributed by atoms with E-state index in [0.29, 0.717) is 5.56 Å². The second kappa shape index (κ2) is 10.0. The van der Waals surface area contributed by atoms with Gasteiger partial charge in [0.25, 0.3) is 5.91 Å². The average Bonchev–Trinajstić information content (AvgIpc) is 2.81. The number of piperidine rings is 2. The van der Waals surface area contributed by atoms with Gasteiger partial charge in [-0.15, -0.1) is 0 Å². The monoisotopic (exact) mass is 409 g/mol. The normalized spacial score (nSPS) is 20.8. The van der Waals surface area contributed by atoms with E-state index in [9.17, 15) is 9.90 Å². The predicted octanol–water partition coefficient (Wildman–Crippen LogP) is 3.11. The van der Waals surface area contributed by atoms with E-state index in [4.69, 9.17) is 4.74 Å². The molecule has 30 heavy (non-hydrogen) atoms. The Morgan fingerprint density at radius 2 is 1.83 bits per heavy atom. The Morgan fingerprint density at radius 3 is 2.53 bits per heavy atom. The van der Waals surface area contributed by atoms with Crippen LogP contribution in [0.3, 0.4) is 0 Å². The molecular weight excluding hydrogens is 378 g/mol. The van der Waals surface area contributed by atoms with Crippen LogP contribution in [-0.2, 0) is 6.54 Å². The van der Waals surface area contributed by atoms with Crippen LogP contribution >= 0.6 is 0 Å². The van der Waals surface area contributed by atoms with Crippen molar-refractivity contribution in [1.82, 2.24) is 14.8 Å². The van der Waals surface area contributed by atoms with Gasteiger partial charge in [0.2, 0.25) is 0 Å². The summed E-state index contributed by atoms with van der Waals surface area (Å²) in [7, 11) is 0. The molecule has 0 bridgehead atoms. The Labute approximate surface area is 178 Å². The number of hydrogen-bond donors (Lipinski definition) is 1. The Morgan fingerprint density at radius 1 is 1.03 bits per heavy atom. The first-order chi connectivity index (χ1) is 14.7. The number of aliphatic hydroxyl groups excluding tert-OH is 1. The molecule has 1 aromatic carbocycles. The number of carbonyl (C=O) groups excluding carboxylic acids is 1. The molecule has 6 heteroatoms. The van der Waals surface area contributed by atoms with E-state index >= 15 is 0 Å². The number of benzene rings is 1. The van der Waals surface area contributed by atoms with Crippen LogP contribution < -0.4 is 4.74 Å². The molecule has 0 spiro atoms. The van der Waals surface area contributed by atoms with Crippen LogP contribution in [0.15, 0.2) is 48.7 Å². The summed E-state index contributed by atoms with van der Waals surface area (Å²) < 4.78 is 6.17. The van der Waals surface area contributed by atoms with E-state index < -0.39 is 0 Å². The second-order valence-corrected chi connectivity index (χ2v) is 8.27. The Balaban J connectivity index is 1.27. The first kappa shape index (κ1) is 20.8. The van der Waals surface area contributed by atoms with E-state index in [1.807, 2.05) is 47.5 Å². The third-order valence-corrected chi connectivity index (χ3v) is 6.15. The molecule has 2 fully saturated rings. The van der Waals surface area contributed by atoms with Gasteiger partial charge >= 0.3 is 0 Å². The van der Waals surface area contributed by atoms with Crippen molar-refractivity contribution in [3.05, 3.63) is 59.9 Å². The minimum absolute atomic E-state index is 0.00290. The molecule has 1 atom stereocenters. The highest BCUT2D eigenvalue weighted by Crippen LogP contribution is 2.23. The van der Waals surface area contributed by atoms with Crippen molar-refractivity contribution in [2.75, 3.05) is 26.2 Å². The van der Waals surface area contributed by atoms with E-state index in [1.54, 1.807) is 0 Å². The maximum Gasteiger partial charge on any atom is 0.254 e. The lowest BCUT2D eigenvalue weighted by Crippen LogP contribution is -2.45. The number of carbonyl (C=O) groups is 1. The summed E-state index contributed by atoms with van der Waals surface area (Å²) in [5, 5.41) is 9.56. The van der Waals surface area contributed by atoms with Crippen LogP contribution in [0, 0.1) is 0 Å². The van der Waals surface area contributed by atoms with E-state index in [-0.39, 0.29) is 24.7 Å². The average molecular weight is 410 g/mol. The highest BCUT2D eigenvalue weighted by atomic mass is 16.5. The fraction of sp³-hybridized carbons (Fsp3) is 0.500. The lowest BCUT2D eigenvalue weighted by molar-refractivity contribution is 0.0503. The summed E-state index contributed by atoms with van der Waals surface area (Å²) in [5.74, 6) is 0.815. The topological polar surface area (TPSA) is 65.9 Å². The summed E-state index contributed by atoms with van der Waals surface area (Å²) >= 11 is 0. The molecular formula is C24H31N3O3. The summed E-state index contributed by atoms with van der Waals surface area (Å²) in [5.41, 5.74) is 1.77. The minimum Gasteiger partial charge on any atom is -0.490 e. The zero-order chi connectivity index (χ0) is 20.8. The molecule has 2 aliphatic heterocycles. The third-order valence-electron chi connectivity index (χ3n) is 6.15. The minimum atomic E-state index is -0.0570. The van der Waals surface area contributed by atoms with E-state index in [2.05, 4.69) is 16.0 Å². The van der Waals surface area contributed by atoms with Crippen LogP contribution in [0.4, 0.5) is 0 Å². The number of nitrogens with zero attached hydrogens (tertiary/aromatic N) is 3. The van der Waals surface area contributed by atoms with Gasteiger partial charge in [-0.3, -0.25) is 14.7 Å². The highest BCUT2D eigenvalue weighted by Gasteiger charge is 2.27. The quantitative estimate of drug-likeness (QED) is 0.794. The molecule has 1 amide bonds. The van der Waals surface area contributed by atoms with Gasteiger partial charge < -0.3 is 14.7 Å². The highest BCUT2D eigenvalue weighted by molar-refractivity contribution is 5.94. The first-order valence-electron chi connectivity index (χ1n) is 11.0. The van der Waals surface area contributed by atoms with Crippen molar-refractivity contribution in [3.8, 4) is 5.75 Å². The number of rotatable bonds is 6. The van der Waals surface area contributed by atoms with Gasteiger partial charge in [-0.05, 0) is 68.5 Å². The van der Waals surface area contributed by atoms with Crippen LogP contribution in [0.25, 0.3) is 0 Å². The molecule has 1 N–H and O–H groups in total. The smallest absolute Gasteiger partial charge is 0.254 e. The van der Waals surface area contributed by atoms with Gasteiger partial charge in [-0.25, -0.2) is 0 Å². The van der Waals surface area contributed by atoms with Crippen LogP contribution in [0.2, 0.25) is 0 Å². The van der Waals surface area contributed by atoms with Crippen LogP contribution in [0.1, 0.15) is 48.2 Å². The van der Waals surface area contributed by atoms with Gasteiger partial charge in [-0.2, -0.15) is 0 Å². The van der Waals surface area contributed by atoms with Crippen molar-refractivity contribution >= 4 is 5.91 Å². The number of aromatic nitrogens is 1. The van der Waals surface area contributed by atoms with Gasteiger partial charge in [0.1, 0.15) is 11.9 Å². The van der Waals surface area contributed by atoms with Gasteiger partial charge in [-0.1, -0.05) is 6.07 Å². The molecule has 4 rings (SSSR count). The second-order valence-electron chi connectivity index (χ2n) is 8.27. The first-order valence-corrected chi connectivity index (χ1v) is 11.0. The van der Waals surface area contributed by atoms with E-state index in [1.165, 1.54) is 0 Å². The van der Waals surface area contributed by atoms with Crippen molar-refractivity contribution in [2.24, 2.45) is 0 Å². The maximum atomic E-state index is 12.8. The number of pyridine rings is 1. The van der Waals surface area contributed by atoms with Crippen molar-refractivity contribution in [1.29, 1.82) is 0 Å². The molecule has 2 saturated heterocycles. The molecule has 1 aromatic heterocycles. The Bertz CT molecular complexity index is 804. The number of aliphatic hydroxyl groups is 1. The largest absolute Gasteiger partial charge is 0.490 e. The van der Waals surface area contributed by atoms with Crippen molar-refractivity contribution in [2.45, 2.75) is 50.8 Å². The predicted molar refractivity (Wildman–Crippen MR) is 115 cm³/mol.